The Morgan fingerprint density at radius 3 is 2.60 bits per heavy atom. The summed E-state index contributed by atoms with van der Waals surface area (Å²) >= 11 is 1.70. The first kappa shape index (κ1) is 15.3. The Balaban J connectivity index is 2.60. The third-order valence-corrected chi connectivity index (χ3v) is 3.95. The van der Waals surface area contributed by atoms with E-state index in [1.165, 1.54) is 6.07 Å². The molecule has 0 aliphatic rings. The number of nitrogens with zero attached hydrogens (tertiary/aromatic N) is 1. The second kappa shape index (κ2) is 6.12. The molecule has 1 nitrogen and oxygen atoms in total. The van der Waals surface area contributed by atoms with Crippen LogP contribution in [0.5, 0.6) is 0 Å². The Bertz CT molecular complexity index is 587. The lowest BCUT2D eigenvalue weighted by Crippen LogP contribution is -2.06. The summed E-state index contributed by atoms with van der Waals surface area (Å²) in [6.45, 7) is 2.79. The summed E-state index contributed by atoms with van der Waals surface area (Å²) in [5.74, 6) is 0.900. The number of rotatable bonds is 5. The summed E-state index contributed by atoms with van der Waals surface area (Å²) in [6, 6.07) is 6.15. The largest absolute Gasteiger partial charge is 0.417 e. The average Bonchev–Trinajstić information content (AvgIpc) is 2.73. The van der Waals surface area contributed by atoms with Crippen molar-refractivity contribution in [3.05, 3.63) is 35.5 Å². The normalized spacial score (nSPS) is 12.2. The van der Waals surface area contributed by atoms with Crippen LogP contribution < -0.4 is 0 Å². The number of alkyl halides is 3. The molecule has 2 aromatic rings. The van der Waals surface area contributed by atoms with Gasteiger partial charge in [0.25, 0.3) is 0 Å². The highest BCUT2D eigenvalue weighted by molar-refractivity contribution is 7.98. The number of aromatic nitrogens is 1. The van der Waals surface area contributed by atoms with Crippen LogP contribution in [0.15, 0.2) is 24.3 Å². The van der Waals surface area contributed by atoms with Gasteiger partial charge in [-0.1, -0.05) is 19.4 Å². The standard InChI is InChI=1S/C15H18F3NS/c1-3-5-11-10-12-13(15(16,17)18)6-4-7-14(12)19(11)8-9-20-2/h4,6-7,10H,3,5,8-9H2,1-2H3. The molecule has 20 heavy (non-hydrogen) atoms. The van der Waals surface area contributed by atoms with Crippen LogP contribution in [-0.4, -0.2) is 16.6 Å². The lowest BCUT2D eigenvalue weighted by molar-refractivity contribution is -0.136. The van der Waals surface area contributed by atoms with E-state index in [-0.39, 0.29) is 0 Å². The van der Waals surface area contributed by atoms with Crippen LogP contribution in [0.2, 0.25) is 0 Å². The van der Waals surface area contributed by atoms with Crippen molar-refractivity contribution in [2.24, 2.45) is 0 Å². The lowest BCUT2D eigenvalue weighted by Gasteiger charge is -2.11. The van der Waals surface area contributed by atoms with E-state index in [2.05, 4.69) is 0 Å². The van der Waals surface area contributed by atoms with Gasteiger partial charge >= 0.3 is 6.18 Å². The van der Waals surface area contributed by atoms with Crippen molar-refractivity contribution in [2.75, 3.05) is 12.0 Å². The number of halogens is 3. The van der Waals surface area contributed by atoms with E-state index in [9.17, 15) is 13.2 Å². The monoisotopic (exact) mass is 301 g/mol. The first-order valence-electron chi connectivity index (χ1n) is 6.66. The van der Waals surface area contributed by atoms with Gasteiger partial charge in [-0.25, -0.2) is 0 Å². The topological polar surface area (TPSA) is 4.93 Å². The van der Waals surface area contributed by atoms with Crippen molar-refractivity contribution in [1.82, 2.24) is 4.57 Å². The Morgan fingerprint density at radius 1 is 1.25 bits per heavy atom. The third-order valence-electron chi connectivity index (χ3n) is 3.36. The molecule has 1 heterocycles. The van der Waals surface area contributed by atoms with E-state index in [0.717, 1.165) is 36.9 Å². The Morgan fingerprint density at radius 2 is 2.00 bits per heavy atom. The zero-order valence-corrected chi connectivity index (χ0v) is 12.4. The highest BCUT2D eigenvalue weighted by Gasteiger charge is 2.33. The molecule has 0 N–H and O–H groups in total. The Labute approximate surface area is 121 Å². The Kier molecular flexibility index (Phi) is 4.68. The van der Waals surface area contributed by atoms with Gasteiger partial charge in [0.2, 0.25) is 0 Å². The first-order chi connectivity index (χ1) is 9.49. The number of hydrogen-bond acceptors (Lipinski definition) is 1. The molecule has 1 aromatic carbocycles. The number of aryl methyl sites for hydroxylation is 2. The van der Waals surface area contributed by atoms with Crippen molar-refractivity contribution < 1.29 is 13.2 Å². The van der Waals surface area contributed by atoms with Gasteiger partial charge in [-0.05, 0) is 30.9 Å². The van der Waals surface area contributed by atoms with Gasteiger partial charge in [0, 0.05) is 28.9 Å². The molecule has 0 saturated carbocycles. The van der Waals surface area contributed by atoms with Crippen LogP contribution in [0.3, 0.4) is 0 Å². The zero-order chi connectivity index (χ0) is 14.8. The maximum absolute atomic E-state index is 13.1. The maximum Gasteiger partial charge on any atom is 0.417 e. The molecule has 0 amide bonds. The number of fused-ring (bicyclic) bond motifs is 1. The van der Waals surface area contributed by atoms with Crippen LogP contribution in [0.1, 0.15) is 24.6 Å². The molecule has 0 bridgehead atoms. The molecule has 0 spiro atoms. The highest BCUT2D eigenvalue weighted by Crippen LogP contribution is 2.36. The fraction of sp³-hybridized carbons (Fsp3) is 0.467. The van der Waals surface area contributed by atoms with E-state index in [1.807, 2.05) is 17.7 Å². The molecule has 5 heteroatoms. The number of thioether (sulfide) groups is 1. The molecular weight excluding hydrogens is 283 g/mol. The quantitative estimate of drug-likeness (QED) is 0.754. The molecule has 0 aliphatic carbocycles. The van der Waals surface area contributed by atoms with Gasteiger partial charge in [-0.3, -0.25) is 0 Å². The Hall–Kier alpha value is -1.10. The van der Waals surface area contributed by atoms with Crippen molar-refractivity contribution >= 4 is 22.7 Å². The van der Waals surface area contributed by atoms with Crippen LogP contribution in [0, 0.1) is 0 Å². The second-order valence-corrected chi connectivity index (χ2v) is 5.75. The molecule has 0 saturated heterocycles. The molecule has 0 atom stereocenters. The molecular formula is C15H18F3NS. The van der Waals surface area contributed by atoms with Gasteiger partial charge in [-0.2, -0.15) is 24.9 Å². The molecule has 110 valence electrons. The van der Waals surface area contributed by atoms with Crippen LogP contribution in [0.25, 0.3) is 10.9 Å². The first-order valence-corrected chi connectivity index (χ1v) is 8.05. The fourth-order valence-corrected chi connectivity index (χ4v) is 2.86. The smallest absolute Gasteiger partial charge is 0.344 e. The third kappa shape index (κ3) is 2.97. The molecule has 2 rings (SSSR count). The molecule has 0 fully saturated rings. The number of benzene rings is 1. The summed E-state index contributed by atoms with van der Waals surface area (Å²) in [7, 11) is 0. The van der Waals surface area contributed by atoms with Crippen LogP contribution >= 0.6 is 11.8 Å². The summed E-state index contributed by atoms with van der Waals surface area (Å²) in [5, 5.41) is 0.324. The summed E-state index contributed by atoms with van der Waals surface area (Å²) < 4.78 is 41.3. The SMILES string of the molecule is CCCc1cc2c(C(F)(F)F)cccc2n1CCSC. The maximum atomic E-state index is 13.1. The minimum atomic E-state index is -4.30. The van der Waals surface area contributed by atoms with E-state index < -0.39 is 11.7 Å². The minimum Gasteiger partial charge on any atom is -0.344 e. The van der Waals surface area contributed by atoms with Crippen LogP contribution in [0.4, 0.5) is 13.2 Å². The van der Waals surface area contributed by atoms with Crippen molar-refractivity contribution in [3.63, 3.8) is 0 Å². The highest BCUT2D eigenvalue weighted by atomic mass is 32.2. The van der Waals surface area contributed by atoms with Gasteiger partial charge in [0.05, 0.1) is 5.56 Å². The molecule has 0 unspecified atom stereocenters. The second-order valence-electron chi connectivity index (χ2n) is 4.77. The average molecular weight is 301 g/mol. The van der Waals surface area contributed by atoms with Gasteiger partial charge in [0.1, 0.15) is 0 Å². The van der Waals surface area contributed by atoms with Crippen molar-refractivity contribution in [1.29, 1.82) is 0 Å². The summed E-state index contributed by atoms with van der Waals surface area (Å²) in [5.41, 5.74) is 1.15. The minimum absolute atomic E-state index is 0.324. The summed E-state index contributed by atoms with van der Waals surface area (Å²) in [4.78, 5) is 0. The van der Waals surface area contributed by atoms with E-state index in [1.54, 1.807) is 23.9 Å². The molecule has 0 aliphatic heterocycles. The van der Waals surface area contributed by atoms with Crippen LogP contribution in [-0.2, 0) is 19.1 Å². The molecule has 1 aromatic heterocycles. The van der Waals surface area contributed by atoms with E-state index in [4.69, 9.17) is 0 Å². The summed E-state index contributed by atoms with van der Waals surface area (Å²) in [6.07, 6.45) is -0.557. The van der Waals surface area contributed by atoms with Crippen molar-refractivity contribution in [3.8, 4) is 0 Å². The fourth-order valence-electron chi connectivity index (χ4n) is 2.50. The van der Waals surface area contributed by atoms with Crippen molar-refractivity contribution in [2.45, 2.75) is 32.5 Å². The van der Waals surface area contributed by atoms with Gasteiger partial charge in [0.15, 0.2) is 0 Å². The number of hydrogen-bond donors (Lipinski definition) is 0. The van der Waals surface area contributed by atoms with Gasteiger partial charge in [-0.15, -0.1) is 0 Å². The predicted octanol–water partition coefficient (Wildman–Crippen LogP) is 4.98. The van der Waals surface area contributed by atoms with E-state index in [0.29, 0.717) is 10.9 Å². The molecule has 0 radical (unpaired) electrons. The van der Waals surface area contributed by atoms with E-state index >= 15 is 0 Å². The zero-order valence-electron chi connectivity index (χ0n) is 11.6. The lowest BCUT2D eigenvalue weighted by atomic mass is 10.1. The predicted molar refractivity (Wildman–Crippen MR) is 79.3 cm³/mol. The van der Waals surface area contributed by atoms with Gasteiger partial charge < -0.3 is 4.57 Å².